The van der Waals surface area contributed by atoms with E-state index < -0.39 is 10.0 Å². The number of hydrogen-bond donors (Lipinski definition) is 1. The van der Waals surface area contributed by atoms with Crippen molar-refractivity contribution in [3.63, 3.8) is 0 Å². The number of esters is 1. The molecule has 0 amide bonds. The van der Waals surface area contributed by atoms with E-state index in [9.17, 15) is 13.2 Å². The predicted octanol–water partition coefficient (Wildman–Crippen LogP) is 3.86. The fraction of sp³-hybridized carbons (Fsp3) is 0.364. The first-order chi connectivity index (χ1) is 13.5. The molecule has 0 spiro atoms. The van der Waals surface area contributed by atoms with Crippen molar-refractivity contribution in [1.29, 1.82) is 0 Å². The van der Waals surface area contributed by atoms with Gasteiger partial charge in [0.15, 0.2) is 0 Å². The van der Waals surface area contributed by atoms with Crippen LogP contribution in [0.2, 0.25) is 0 Å². The van der Waals surface area contributed by atoms with E-state index in [2.05, 4.69) is 18.6 Å². The molecule has 0 saturated heterocycles. The van der Waals surface area contributed by atoms with Crippen molar-refractivity contribution in [1.82, 2.24) is 4.72 Å². The van der Waals surface area contributed by atoms with Gasteiger partial charge in [0, 0.05) is 11.5 Å². The van der Waals surface area contributed by atoms with Gasteiger partial charge in [0.1, 0.15) is 0 Å². The molecule has 0 fully saturated rings. The minimum atomic E-state index is -3.59. The SMILES string of the molecule is COC(=O)c1ccc2c(c1)CC(C)(C)C(c1cccc(S(=O)(=O)NC(C)C)c1)=N2. The second kappa shape index (κ2) is 7.72. The molecule has 1 heterocycles. The number of fused-ring (bicyclic) bond motifs is 1. The lowest BCUT2D eigenvalue weighted by Crippen LogP contribution is -2.32. The van der Waals surface area contributed by atoms with E-state index in [1.165, 1.54) is 7.11 Å². The van der Waals surface area contributed by atoms with Crippen molar-refractivity contribution in [3.8, 4) is 0 Å². The zero-order valence-corrected chi connectivity index (χ0v) is 18.1. The smallest absolute Gasteiger partial charge is 0.337 e. The number of aliphatic imine (C=N–C) groups is 1. The molecule has 0 radical (unpaired) electrons. The first-order valence-electron chi connectivity index (χ1n) is 9.47. The van der Waals surface area contributed by atoms with Crippen LogP contribution in [0.1, 0.15) is 49.2 Å². The van der Waals surface area contributed by atoms with E-state index in [1.54, 1.807) is 44.2 Å². The third kappa shape index (κ3) is 4.41. The number of nitrogens with one attached hydrogen (secondary N) is 1. The van der Waals surface area contributed by atoms with Crippen LogP contribution in [0.5, 0.6) is 0 Å². The number of hydrogen-bond acceptors (Lipinski definition) is 5. The topological polar surface area (TPSA) is 84.8 Å². The van der Waals surface area contributed by atoms with Crippen LogP contribution in [-0.2, 0) is 21.2 Å². The Morgan fingerprint density at radius 2 is 1.90 bits per heavy atom. The van der Waals surface area contributed by atoms with Crippen LogP contribution in [0.3, 0.4) is 0 Å². The van der Waals surface area contributed by atoms with Gasteiger partial charge in [0.2, 0.25) is 10.0 Å². The van der Waals surface area contributed by atoms with Gasteiger partial charge in [-0.25, -0.2) is 17.9 Å². The van der Waals surface area contributed by atoms with E-state index >= 15 is 0 Å². The van der Waals surface area contributed by atoms with Crippen molar-refractivity contribution in [3.05, 3.63) is 59.2 Å². The Balaban J connectivity index is 2.06. The molecule has 154 valence electrons. The highest BCUT2D eigenvalue weighted by molar-refractivity contribution is 7.89. The van der Waals surface area contributed by atoms with Gasteiger partial charge in [-0.15, -0.1) is 0 Å². The van der Waals surface area contributed by atoms with Gasteiger partial charge in [-0.1, -0.05) is 26.0 Å². The molecule has 1 N–H and O–H groups in total. The standard InChI is InChI=1S/C22H26N2O4S/c1-14(2)24-29(26,27)18-8-6-7-15(12-18)20-22(3,4)13-17-11-16(21(25)28-5)9-10-19(17)23-20/h6-12,14,24H,13H2,1-5H3. The Labute approximate surface area is 172 Å². The van der Waals surface area contributed by atoms with E-state index in [-0.39, 0.29) is 22.3 Å². The van der Waals surface area contributed by atoms with Crippen LogP contribution < -0.4 is 4.72 Å². The normalized spacial score (nSPS) is 15.6. The van der Waals surface area contributed by atoms with Gasteiger partial charge < -0.3 is 4.74 Å². The summed E-state index contributed by atoms with van der Waals surface area (Å²) >= 11 is 0. The van der Waals surface area contributed by atoms with E-state index in [1.807, 2.05) is 12.1 Å². The molecule has 6 nitrogen and oxygen atoms in total. The van der Waals surface area contributed by atoms with Crippen molar-refractivity contribution in [2.45, 2.75) is 45.1 Å². The monoisotopic (exact) mass is 414 g/mol. The number of nitrogens with zero attached hydrogens (tertiary/aromatic N) is 1. The number of sulfonamides is 1. The predicted molar refractivity (Wildman–Crippen MR) is 113 cm³/mol. The molecule has 0 aliphatic carbocycles. The summed E-state index contributed by atoms with van der Waals surface area (Å²) in [5, 5.41) is 0. The van der Waals surface area contributed by atoms with Crippen molar-refractivity contribution >= 4 is 27.4 Å². The molecule has 1 aliphatic rings. The minimum absolute atomic E-state index is 0.192. The van der Waals surface area contributed by atoms with Crippen LogP contribution in [0.15, 0.2) is 52.4 Å². The maximum absolute atomic E-state index is 12.6. The minimum Gasteiger partial charge on any atom is -0.465 e. The average molecular weight is 415 g/mol. The Bertz CT molecular complexity index is 1090. The number of rotatable bonds is 5. The molecule has 0 bridgehead atoms. The summed E-state index contributed by atoms with van der Waals surface area (Å²) in [6.45, 7) is 7.70. The molecule has 3 rings (SSSR count). The van der Waals surface area contributed by atoms with Crippen LogP contribution in [0.25, 0.3) is 0 Å². The number of carbonyl (C=O) groups is 1. The first-order valence-corrected chi connectivity index (χ1v) is 10.9. The summed E-state index contributed by atoms with van der Waals surface area (Å²) in [5.41, 5.74) is 3.48. The van der Waals surface area contributed by atoms with Crippen LogP contribution >= 0.6 is 0 Å². The van der Waals surface area contributed by atoms with Crippen molar-refractivity contribution < 1.29 is 17.9 Å². The lowest BCUT2D eigenvalue weighted by molar-refractivity contribution is 0.0600. The van der Waals surface area contributed by atoms with Gasteiger partial charge in [-0.2, -0.15) is 0 Å². The van der Waals surface area contributed by atoms with Gasteiger partial charge >= 0.3 is 5.97 Å². The average Bonchev–Trinajstić information content (AvgIpc) is 2.64. The Hall–Kier alpha value is -2.51. The second-order valence-electron chi connectivity index (χ2n) is 8.16. The largest absolute Gasteiger partial charge is 0.465 e. The maximum Gasteiger partial charge on any atom is 0.337 e. The quantitative estimate of drug-likeness (QED) is 0.753. The van der Waals surface area contributed by atoms with E-state index in [0.717, 1.165) is 22.5 Å². The fourth-order valence-corrected chi connectivity index (χ4v) is 4.85. The molecular weight excluding hydrogens is 388 g/mol. The van der Waals surface area contributed by atoms with Gasteiger partial charge in [-0.05, 0) is 61.7 Å². The van der Waals surface area contributed by atoms with Crippen LogP contribution in [-0.4, -0.2) is 33.3 Å². The summed E-state index contributed by atoms with van der Waals surface area (Å²) in [6.07, 6.45) is 0.674. The Morgan fingerprint density at radius 3 is 2.55 bits per heavy atom. The molecule has 0 aromatic heterocycles. The van der Waals surface area contributed by atoms with Crippen molar-refractivity contribution in [2.24, 2.45) is 10.4 Å². The lowest BCUT2D eigenvalue weighted by atomic mass is 9.76. The highest BCUT2D eigenvalue weighted by Gasteiger charge is 2.32. The van der Waals surface area contributed by atoms with Crippen molar-refractivity contribution in [2.75, 3.05) is 7.11 Å². The fourth-order valence-electron chi connectivity index (χ4n) is 3.56. The molecule has 0 atom stereocenters. The van der Waals surface area contributed by atoms with Crippen LogP contribution in [0.4, 0.5) is 5.69 Å². The maximum atomic E-state index is 12.6. The molecule has 2 aromatic rings. The van der Waals surface area contributed by atoms with E-state index in [0.29, 0.717) is 12.0 Å². The summed E-state index contributed by atoms with van der Waals surface area (Å²) in [5.74, 6) is -0.379. The van der Waals surface area contributed by atoms with Crippen LogP contribution in [0, 0.1) is 5.41 Å². The number of carbonyl (C=O) groups excluding carboxylic acids is 1. The molecule has 29 heavy (non-hydrogen) atoms. The highest BCUT2D eigenvalue weighted by Crippen LogP contribution is 2.38. The lowest BCUT2D eigenvalue weighted by Gasteiger charge is -2.32. The molecule has 2 aromatic carbocycles. The zero-order chi connectivity index (χ0) is 21.4. The van der Waals surface area contributed by atoms with Gasteiger partial charge in [0.25, 0.3) is 0 Å². The molecular formula is C22H26N2O4S. The summed E-state index contributed by atoms with van der Waals surface area (Å²) in [4.78, 5) is 16.9. The van der Waals surface area contributed by atoms with E-state index in [4.69, 9.17) is 9.73 Å². The number of ether oxygens (including phenoxy) is 1. The molecule has 7 heteroatoms. The molecule has 0 saturated carbocycles. The Kier molecular flexibility index (Phi) is 5.65. The second-order valence-corrected chi connectivity index (χ2v) is 9.87. The highest BCUT2D eigenvalue weighted by atomic mass is 32.2. The Morgan fingerprint density at radius 1 is 1.17 bits per heavy atom. The van der Waals surface area contributed by atoms with Gasteiger partial charge in [0.05, 0.1) is 29.0 Å². The van der Waals surface area contributed by atoms with Gasteiger partial charge in [-0.3, -0.25) is 4.99 Å². The summed E-state index contributed by atoms with van der Waals surface area (Å²) in [7, 11) is -2.23. The summed E-state index contributed by atoms with van der Waals surface area (Å²) in [6, 6.07) is 12.0. The number of methoxy groups -OCH3 is 1. The first kappa shape index (κ1) is 21.2. The zero-order valence-electron chi connectivity index (χ0n) is 17.3. The summed E-state index contributed by atoms with van der Waals surface area (Å²) < 4.78 is 32.6. The third-order valence-electron chi connectivity index (χ3n) is 4.81. The number of benzene rings is 2. The third-order valence-corrected chi connectivity index (χ3v) is 6.47. The molecule has 1 aliphatic heterocycles. The molecule has 0 unspecified atom stereocenters.